The average molecular weight is 312 g/mol. The van der Waals surface area contributed by atoms with Crippen LogP contribution in [0.3, 0.4) is 0 Å². The molecule has 1 aliphatic rings. The molecule has 2 aromatic heterocycles. The van der Waals surface area contributed by atoms with E-state index < -0.39 is 12.3 Å². The Labute approximate surface area is 124 Å². The number of alkyl halides is 2. The summed E-state index contributed by atoms with van der Waals surface area (Å²) in [6.07, 6.45) is -0.115. The molecule has 22 heavy (non-hydrogen) atoms. The third-order valence-corrected chi connectivity index (χ3v) is 3.41. The summed E-state index contributed by atoms with van der Waals surface area (Å²) in [5.74, 6) is -0.00642. The Balaban J connectivity index is 1.70. The minimum absolute atomic E-state index is 0.00126. The van der Waals surface area contributed by atoms with E-state index in [1.54, 1.807) is 4.90 Å². The Morgan fingerprint density at radius 1 is 1.27 bits per heavy atom. The quantitative estimate of drug-likeness (QED) is 0.904. The first-order valence-electron chi connectivity index (χ1n) is 6.69. The van der Waals surface area contributed by atoms with Crippen LogP contribution in [-0.2, 0) is 0 Å². The van der Waals surface area contributed by atoms with Gasteiger partial charge in [-0.3, -0.25) is 0 Å². The minimum atomic E-state index is -2.77. The predicted octanol–water partition coefficient (Wildman–Crippen LogP) is 1.22. The second-order valence-electron chi connectivity index (χ2n) is 4.96. The van der Waals surface area contributed by atoms with Gasteiger partial charge in [0.2, 0.25) is 5.95 Å². The fourth-order valence-corrected chi connectivity index (χ4v) is 2.34. The molecule has 118 valence electrons. The van der Waals surface area contributed by atoms with Gasteiger partial charge in [0.15, 0.2) is 5.75 Å². The van der Waals surface area contributed by atoms with Crippen molar-refractivity contribution < 1.29 is 18.4 Å². The molecule has 0 aliphatic carbocycles. The van der Waals surface area contributed by atoms with Gasteiger partial charge in [-0.2, -0.15) is 13.8 Å². The Morgan fingerprint density at radius 2 is 2.00 bits per heavy atom. The summed E-state index contributed by atoms with van der Waals surface area (Å²) in [7, 11) is 0. The maximum absolute atomic E-state index is 12.5. The van der Waals surface area contributed by atoms with Crippen molar-refractivity contribution in [1.82, 2.24) is 20.1 Å². The number of halogens is 2. The van der Waals surface area contributed by atoms with Gasteiger partial charge in [-0.1, -0.05) is 0 Å². The molecule has 0 bridgehead atoms. The third-order valence-electron chi connectivity index (χ3n) is 3.41. The predicted molar refractivity (Wildman–Crippen MR) is 72.0 cm³/mol. The van der Waals surface area contributed by atoms with Gasteiger partial charge in [0, 0.05) is 25.7 Å². The molecule has 1 unspecified atom stereocenters. The van der Waals surface area contributed by atoms with Gasteiger partial charge < -0.3 is 19.4 Å². The molecule has 0 amide bonds. The molecule has 3 rings (SSSR count). The van der Waals surface area contributed by atoms with Crippen molar-refractivity contribution in [3.05, 3.63) is 18.3 Å². The summed E-state index contributed by atoms with van der Waals surface area (Å²) in [6.45, 7) is 3.57. The number of hydrogen-bond donors (Lipinski definition) is 1. The van der Waals surface area contributed by atoms with E-state index in [0.29, 0.717) is 25.6 Å². The van der Waals surface area contributed by atoms with E-state index in [-0.39, 0.29) is 17.7 Å². The number of nitrogens with zero attached hydrogens (tertiary/aromatic N) is 6. The summed E-state index contributed by atoms with van der Waals surface area (Å²) in [4.78, 5) is 15.6. The number of anilines is 2. The zero-order chi connectivity index (χ0) is 15.7. The molecule has 0 spiro atoms. The smallest absolute Gasteiger partial charge is 0.316 e. The second-order valence-corrected chi connectivity index (χ2v) is 4.96. The summed E-state index contributed by atoms with van der Waals surface area (Å²) in [5, 5.41) is 12.8. The van der Waals surface area contributed by atoms with Crippen LogP contribution >= 0.6 is 0 Å². The molecule has 0 saturated carbocycles. The van der Waals surface area contributed by atoms with Crippen LogP contribution in [0.15, 0.2) is 16.9 Å². The van der Waals surface area contributed by atoms with Gasteiger partial charge in [0.25, 0.3) is 11.8 Å². The van der Waals surface area contributed by atoms with E-state index in [1.165, 1.54) is 12.4 Å². The van der Waals surface area contributed by atoms with Crippen LogP contribution in [0.5, 0.6) is 5.75 Å². The van der Waals surface area contributed by atoms with Crippen LogP contribution < -0.4 is 9.80 Å². The van der Waals surface area contributed by atoms with Crippen LogP contribution in [0.1, 0.15) is 19.2 Å². The molecule has 1 N–H and O–H groups in total. The SMILES string of the molecule is CC1CN(c2noc(C(F)F)n2)CCN1c1ncc(O)cn1. The molecule has 8 nitrogen and oxygen atoms in total. The van der Waals surface area contributed by atoms with E-state index >= 15 is 0 Å². The van der Waals surface area contributed by atoms with Crippen LogP contribution in [0, 0.1) is 0 Å². The summed E-state index contributed by atoms with van der Waals surface area (Å²) in [5.41, 5.74) is 0. The number of aromatic hydroxyl groups is 1. The van der Waals surface area contributed by atoms with Crippen LogP contribution in [-0.4, -0.2) is 50.9 Å². The number of aromatic nitrogens is 4. The lowest BCUT2D eigenvalue weighted by atomic mass is 10.2. The van der Waals surface area contributed by atoms with E-state index in [2.05, 4.69) is 24.6 Å². The Kier molecular flexibility index (Phi) is 3.73. The molecule has 10 heteroatoms. The van der Waals surface area contributed by atoms with Crippen molar-refractivity contribution >= 4 is 11.9 Å². The molecule has 1 fully saturated rings. The minimum Gasteiger partial charge on any atom is -0.505 e. The second kappa shape index (κ2) is 5.70. The normalized spacial score (nSPS) is 19.0. The van der Waals surface area contributed by atoms with E-state index in [0.717, 1.165) is 0 Å². The number of rotatable bonds is 3. The first-order valence-corrected chi connectivity index (χ1v) is 6.69. The maximum Gasteiger partial charge on any atom is 0.316 e. The van der Waals surface area contributed by atoms with Crippen molar-refractivity contribution in [2.75, 3.05) is 29.4 Å². The summed E-state index contributed by atoms with van der Waals surface area (Å²) < 4.78 is 29.5. The molecule has 3 heterocycles. The first kappa shape index (κ1) is 14.4. The van der Waals surface area contributed by atoms with Crippen molar-refractivity contribution in [3.63, 3.8) is 0 Å². The largest absolute Gasteiger partial charge is 0.505 e. The Morgan fingerprint density at radius 3 is 2.59 bits per heavy atom. The fraction of sp³-hybridized carbons (Fsp3) is 0.500. The zero-order valence-corrected chi connectivity index (χ0v) is 11.7. The molecule has 0 aromatic carbocycles. The van der Waals surface area contributed by atoms with E-state index in [9.17, 15) is 13.9 Å². The number of piperazine rings is 1. The molecular weight excluding hydrogens is 298 g/mol. The molecule has 0 radical (unpaired) electrons. The summed E-state index contributed by atoms with van der Waals surface area (Å²) in [6, 6.07) is 0.0202. The Hall–Kier alpha value is -2.52. The summed E-state index contributed by atoms with van der Waals surface area (Å²) >= 11 is 0. The highest BCUT2D eigenvalue weighted by Gasteiger charge is 2.29. The van der Waals surface area contributed by atoms with Crippen LogP contribution in [0.4, 0.5) is 20.7 Å². The average Bonchev–Trinajstić information content (AvgIpc) is 2.98. The molecule has 1 atom stereocenters. The zero-order valence-electron chi connectivity index (χ0n) is 11.7. The van der Waals surface area contributed by atoms with Crippen LogP contribution in [0.25, 0.3) is 0 Å². The lowest BCUT2D eigenvalue weighted by Gasteiger charge is -2.39. The van der Waals surface area contributed by atoms with Crippen LogP contribution in [0.2, 0.25) is 0 Å². The maximum atomic E-state index is 12.5. The highest BCUT2D eigenvalue weighted by Crippen LogP contribution is 2.23. The van der Waals surface area contributed by atoms with Gasteiger partial charge in [-0.25, -0.2) is 9.97 Å². The van der Waals surface area contributed by atoms with E-state index in [1.807, 2.05) is 11.8 Å². The van der Waals surface area contributed by atoms with Crippen molar-refractivity contribution in [2.24, 2.45) is 0 Å². The highest BCUT2D eigenvalue weighted by atomic mass is 19.3. The standard InChI is InChI=1S/C12H14F2N6O2/c1-7-6-19(12-17-10(9(13)14)22-18-12)2-3-20(7)11-15-4-8(21)5-16-11/h4-5,7,9,21H,2-3,6H2,1H3. The highest BCUT2D eigenvalue weighted by molar-refractivity contribution is 5.39. The molecular formula is C12H14F2N6O2. The fourth-order valence-electron chi connectivity index (χ4n) is 2.34. The van der Waals surface area contributed by atoms with Gasteiger partial charge in [-0.15, -0.1) is 0 Å². The van der Waals surface area contributed by atoms with Gasteiger partial charge >= 0.3 is 6.43 Å². The van der Waals surface area contributed by atoms with Gasteiger partial charge in [0.05, 0.1) is 12.4 Å². The lowest BCUT2D eigenvalue weighted by molar-refractivity contribution is 0.106. The van der Waals surface area contributed by atoms with Crippen molar-refractivity contribution in [1.29, 1.82) is 0 Å². The first-order chi connectivity index (χ1) is 10.5. The van der Waals surface area contributed by atoms with Gasteiger partial charge in [0.1, 0.15) is 0 Å². The molecule has 2 aromatic rings. The third kappa shape index (κ3) is 2.76. The monoisotopic (exact) mass is 312 g/mol. The Bertz CT molecular complexity index is 635. The van der Waals surface area contributed by atoms with Crippen molar-refractivity contribution in [3.8, 4) is 5.75 Å². The van der Waals surface area contributed by atoms with Gasteiger partial charge in [-0.05, 0) is 12.1 Å². The van der Waals surface area contributed by atoms with Crippen molar-refractivity contribution in [2.45, 2.75) is 19.4 Å². The molecule has 1 saturated heterocycles. The number of hydrogen-bond acceptors (Lipinski definition) is 8. The van der Waals surface area contributed by atoms with E-state index in [4.69, 9.17) is 0 Å². The molecule has 1 aliphatic heterocycles. The lowest BCUT2D eigenvalue weighted by Crippen LogP contribution is -2.53. The topological polar surface area (TPSA) is 91.4 Å².